The van der Waals surface area contributed by atoms with Crippen LogP contribution in [-0.2, 0) is 6.61 Å². The van der Waals surface area contributed by atoms with Gasteiger partial charge in [-0.3, -0.25) is 0 Å². The van der Waals surface area contributed by atoms with Crippen molar-refractivity contribution in [1.82, 2.24) is 4.98 Å². The maximum atomic E-state index is 8.72. The molecule has 0 aliphatic heterocycles. The van der Waals surface area contributed by atoms with E-state index < -0.39 is 0 Å². The molecule has 1 N–H and O–H groups in total. The van der Waals surface area contributed by atoms with Crippen molar-refractivity contribution in [3.8, 4) is 5.75 Å². The second-order valence-corrected chi connectivity index (χ2v) is 2.54. The van der Waals surface area contributed by atoms with Crippen LogP contribution in [0.2, 0.25) is 5.15 Å². The largest absolute Gasteiger partial charge is 0.491 e. The lowest BCUT2D eigenvalue weighted by atomic mass is 10.3. The molecular formula is C8H10ClNO2. The van der Waals surface area contributed by atoms with Gasteiger partial charge in [-0.15, -0.1) is 0 Å². The molecule has 0 radical (unpaired) electrons. The van der Waals surface area contributed by atoms with E-state index in [1.165, 1.54) is 0 Å². The predicted molar refractivity (Wildman–Crippen MR) is 46.3 cm³/mol. The Labute approximate surface area is 76.0 Å². The average molecular weight is 188 g/mol. The van der Waals surface area contributed by atoms with Crippen LogP contribution >= 0.6 is 11.6 Å². The minimum Gasteiger partial charge on any atom is -0.491 e. The van der Waals surface area contributed by atoms with Gasteiger partial charge in [-0.2, -0.15) is 0 Å². The van der Waals surface area contributed by atoms with Crippen LogP contribution < -0.4 is 4.74 Å². The first-order valence-electron chi connectivity index (χ1n) is 3.67. The van der Waals surface area contributed by atoms with Crippen molar-refractivity contribution in [3.63, 3.8) is 0 Å². The summed E-state index contributed by atoms with van der Waals surface area (Å²) in [6.45, 7) is 2.32. The van der Waals surface area contributed by atoms with E-state index in [-0.39, 0.29) is 6.61 Å². The first-order valence-corrected chi connectivity index (χ1v) is 4.04. The van der Waals surface area contributed by atoms with Crippen LogP contribution in [0.5, 0.6) is 5.75 Å². The molecule has 4 heteroatoms. The number of aliphatic hydroxyl groups excluding tert-OH is 1. The number of hydrogen-bond donors (Lipinski definition) is 1. The topological polar surface area (TPSA) is 42.4 Å². The fourth-order valence-electron chi connectivity index (χ4n) is 0.810. The first-order chi connectivity index (χ1) is 5.77. The molecule has 0 aromatic carbocycles. The maximum Gasteiger partial charge on any atom is 0.171 e. The molecule has 0 unspecified atom stereocenters. The summed E-state index contributed by atoms with van der Waals surface area (Å²) in [5, 5.41) is 9.02. The Morgan fingerprint density at radius 1 is 1.58 bits per heavy atom. The molecule has 0 saturated carbocycles. The molecule has 0 fully saturated rings. The highest BCUT2D eigenvalue weighted by Gasteiger charge is 2.02. The molecule has 0 spiro atoms. The van der Waals surface area contributed by atoms with Crippen molar-refractivity contribution in [1.29, 1.82) is 0 Å². The molecule has 66 valence electrons. The molecule has 12 heavy (non-hydrogen) atoms. The van der Waals surface area contributed by atoms with Crippen LogP contribution in [0, 0.1) is 0 Å². The minimum absolute atomic E-state index is 0.105. The normalized spacial score (nSPS) is 9.92. The summed E-state index contributed by atoms with van der Waals surface area (Å²) < 4.78 is 5.16. The number of rotatable bonds is 3. The highest BCUT2D eigenvalue weighted by molar-refractivity contribution is 6.30. The SMILES string of the molecule is CCOc1ccc(CO)nc1Cl. The average Bonchev–Trinajstić information content (AvgIpc) is 2.09. The van der Waals surface area contributed by atoms with E-state index in [4.69, 9.17) is 21.4 Å². The zero-order valence-corrected chi connectivity index (χ0v) is 7.51. The van der Waals surface area contributed by atoms with Gasteiger partial charge in [-0.25, -0.2) is 4.98 Å². The van der Waals surface area contributed by atoms with Crippen molar-refractivity contribution < 1.29 is 9.84 Å². The van der Waals surface area contributed by atoms with Crippen LogP contribution in [0.3, 0.4) is 0 Å². The highest BCUT2D eigenvalue weighted by Crippen LogP contribution is 2.21. The molecule has 3 nitrogen and oxygen atoms in total. The first kappa shape index (κ1) is 9.29. The molecule has 0 saturated heterocycles. The van der Waals surface area contributed by atoms with E-state index in [0.29, 0.717) is 23.2 Å². The van der Waals surface area contributed by atoms with Crippen LogP contribution in [0.1, 0.15) is 12.6 Å². The van der Waals surface area contributed by atoms with Crippen LogP contribution in [-0.4, -0.2) is 16.7 Å². The number of pyridine rings is 1. The van der Waals surface area contributed by atoms with Crippen molar-refractivity contribution in [2.75, 3.05) is 6.61 Å². The molecule has 1 rings (SSSR count). The lowest BCUT2D eigenvalue weighted by Gasteiger charge is -2.04. The fourth-order valence-corrected chi connectivity index (χ4v) is 1.04. The lowest BCUT2D eigenvalue weighted by Crippen LogP contribution is -1.96. The Balaban J connectivity index is 2.87. The van der Waals surface area contributed by atoms with Crippen molar-refractivity contribution in [3.05, 3.63) is 23.0 Å². The molecular weight excluding hydrogens is 178 g/mol. The van der Waals surface area contributed by atoms with E-state index in [1.807, 2.05) is 6.92 Å². The van der Waals surface area contributed by atoms with Gasteiger partial charge in [0.05, 0.1) is 18.9 Å². The summed E-state index contributed by atoms with van der Waals surface area (Å²) in [4.78, 5) is 3.90. The monoisotopic (exact) mass is 187 g/mol. The summed E-state index contributed by atoms with van der Waals surface area (Å²) in [5.41, 5.74) is 0.545. The maximum absolute atomic E-state index is 8.72. The smallest absolute Gasteiger partial charge is 0.171 e. The Morgan fingerprint density at radius 2 is 2.33 bits per heavy atom. The minimum atomic E-state index is -0.105. The van der Waals surface area contributed by atoms with E-state index in [0.717, 1.165) is 0 Å². The summed E-state index contributed by atoms with van der Waals surface area (Å²) >= 11 is 5.74. The van der Waals surface area contributed by atoms with Gasteiger partial charge < -0.3 is 9.84 Å². The second-order valence-electron chi connectivity index (χ2n) is 2.18. The number of aromatic nitrogens is 1. The third-order valence-electron chi connectivity index (χ3n) is 1.33. The summed E-state index contributed by atoms with van der Waals surface area (Å²) in [5.74, 6) is 0.552. The molecule has 0 amide bonds. The molecule has 0 bridgehead atoms. The molecule has 0 atom stereocenters. The van der Waals surface area contributed by atoms with Crippen molar-refractivity contribution >= 4 is 11.6 Å². The Hall–Kier alpha value is -0.800. The van der Waals surface area contributed by atoms with Gasteiger partial charge in [0, 0.05) is 0 Å². The van der Waals surface area contributed by atoms with Gasteiger partial charge in [0.1, 0.15) is 0 Å². The van der Waals surface area contributed by atoms with Crippen molar-refractivity contribution in [2.24, 2.45) is 0 Å². The Bertz CT molecular complexity index is 265. The fraction of sp³-hybridized carbons (Fsp3) is 0.375. The van der Waals surface area contributed by atoms with Crippen LogP contribution in [0.25, 0.3) is 0 Å². The Morgan fingerprint density at radius 3 is 2.83 bits per heavy atom. The number of aliphatic hydroxyl groups is 1. The van der Waals surface area contributed by atoms with Crippen molar-refractivity contribution in [2.45, 2.75) is 13.5 Å². The summed E-state index contributed by atoms with van der Waals surface area (Å²) in [6, 6.07) is 3.38. The number of halogens is 1. The molecule has 1 heterocycles. The summed E-state index contributed by atoms with van der Waals surface area (Å²) in [7, 11) is 0. The zero-order chi connectivity index (χ0) is 8.97. The molecule has 0 aliphatic carbocycles. The van der Waals surface area contributed by atoms with Gasteiger partial charge >= 0.3 is 0 Å². The van der Waals surface area contributed by atoms with Gasteiger partial charge in [0.15, 0.2) is 10.9 Å². The predicted octanol–water partition coefficient (Wildman–Crippen LogP) is 1.63. The molecule has 0 aliphatic rings. The van der Waals surface area contributed by atoms with Crippen LogP contribution in [0.15, 0.2) is 12.1 Å². The van der Waals surface area contributed by atoms with E-state index >= 15 is 0 Å². The van der Waals surface area contributed by atoms with E-state index in [9.17, 15) is 0 Å². The van der Waals surface area contributed by atoms with Crippen LogP contribution in [0.4, 0.5) is 0 Å². The number of ether oxygens (including phenoxy) is 1. The van der Waals surface area contributed by atoms with Gasteiger partial charge in [0.2, 0.25) is 0 Å². The van der Waals surface area contributed by atoms with Gasteiger partial charge in [0.25, 0.3) is 0 Å². The third kappa shape index (κ3) is 2.09. The second kappa shape index (κ2) is 4.28. The van der Waals surface area contributed by atoms with E-state index in [1.54, 1.807) is 12.1 Å². The molecule has 1 aromatic rings. The Kier molecular flexibility index (Phi) is 3.31. The van der Waals surface area contributed by atoms with Gasteiger partial charge in [-0.05, 0) is 19.1 Å². The van der Waals surface area contributed by atoms with E-state index in [2.05, 4.69) is 4.98 Å². The highest BCUT2D eigenvalue weighted by atomic mass is 35.5. The quantitative estimate of drug-likeness (QED) is 0.732. The zero-order valence-electron chi connectivity index (χ0n) is 6.75. The summed E-state index contributed by atoms with van der Waals surface area (Å²) in [6.07, 6.45) is 0. The lowest BCUT2D eigenvalue weighted by molar-refractivity contribution is 0.276. The standard InChI is InChI=1S/C8H10ClNO2/c1-2-12-7-4-3-6(5-11)10-8(7)9/h3-4,11H,2,5H2,1H3. The third-order valence-corrected chi connectivity index (χ3v) is 1.60. The number of nitrogens with zero attached hydrogens (tertiary/aromatic N) is 1. The van der Waals surface area contributed by atoms with Gasteiger partial charge in [-0.1, -0.05) is 11.6 Å². The molecule has 1 aromatic heterocycles. The number of hydrogen-bond acceptors (Lipinski definition) is 3.